The molecule has 1 aromatic carbocycles. The third kappa shape index (κ3) is 4.93. The first-order valence-corrected chi connectivity index (χ1v) is 7.05. The number of aromatic nitrogens is 1. The number of hydrogen-bond donors (Lipinski definition) is 2. The molecule has 6 nitrogen and oxygen atoms in total. The number of para-hydroxylation sites is 1. The maximum Gasteiger partial charge on any atom is 0.418 e. The number of hydrogen-bond acceptors (Lipinski definition) is 4. The highest BCUT2D eigenvalue weighted by Gasteiger charge is 2.33. The fourth-order valence-corrected chi connectivity index (χ4v) is 1.98. The average molecular weight is 353 g/mol. The highest BCUT2D eigenvalue weighted by molar-refractivity contribution is 6.04. The monoisotopic (exact) mass is 353 g/mol. The van der Waals surface area contributed by atoms with Gasteiger partial charge in [-0.2, -0.15) is 13.2 Å². The summed E-state index contributed by atoms with van der Waals surface area (Å²) in [5.41, 5.74) is -0.827. The van der Waals surface area contributed by atoms with Crippen molar-refractivity contribution in [3.05, 3.63) is 59.4 Å². The zero-order valence-electron chi connectivity index (χ0n) is 13.1. The molecule has 1 heterocycles. The van der Waals surface area contributed by atoms with Crippen LogP contribution in [-0.4, -0.2) is 24.1 Å². The number of alkyl carbamates (subject to hydrolysis) is 1. The maximum absolute atomic E-state index is 13.0. The van der Waals surface area contributed by atoms with E-state index < -0.39 is 23.7 Å². The summed E-state index contributed by atoms with van der Waals surface area (Å²) in [4.78, 5) is 27.2. The average Bonchev–Trinajstić information content (AvgIpc) is 2.59. The lowest BCUT2D eigenvalue weighted by Gasteiger charge is -2.13. The molecule has 0 aliphatic carbocycles. The smallest absolute Gasteiger partial charge is 0.418 e. The van der Waals surface area contributed by atoms with E-state index >= 15 is 0 Å². The zero-order chi connectivity index (χ0) is 18.4. The third-order valence-corrected chi connectivity index (χ3v) is 3.16. The van der Waals surface area contributed by atoms with Gasteiger partial charge in [-0.05, 0) is 24.3 Å². The van der Waals surface area contributed by atoms with E-state index in [-0.39, 0.29) is 17.8 Å². The largest absolute Gasteiger partial charge is 0.453 e. The number of nitrogens with one attached hydrogen (secondary N) is 2. The molecule has 0 unspecified atom stereocenters. The molecular weight excluding hydrogens is 339 g/mol. The molecule has 0 atom stereocenters. The molecule has 9 heteroatoms. The predicted molar refractivity (Wildman–Crippen MR) is 82.9 cm³/mol. The zero-order valence-corrected chi connectivity index (χ0v) is 13.1. The van der Waals surface area contributed by atoms with E-state index in [0.717, 1.165) is 6.07 Å². The van der Waals surface area contributed by atoms with E-state index in [2.05, 4.69) is 20.4 Å². The summed E-state index contributed by atoms with van der Waals surface area (Å²) in [6.07, 6.45) is -3.94. The minimum atomic E-state index is -4.59. The Kier molecular flexibility index (Phi) is 5.58. The number of amides is 2. The number of methoxy groups -OCH3 is 1. The van der Waals surface area contributed by atoms with Crippen molar-refractivity contribution in [2.24, 2.45) is 0 Å². The quantitative estimate of drug-likeness (QED) is 0.885. The summed E-state index contributed by atoms with van der Waals surface area (Å²) in [5.74, 6) is -0.724. The number of benzene rings is 1. The van der Waals surface area contributed by atoms with Crippen molar-refractivity contribution in [1.82, 2.24) is 10.3 Å². The topological polar surface area (TPSA) is 80.3 Å². The van der Waals surface area contributed by atoms with E-state index in [9.17, 15) is 22.8 Å². The highest BCUT2D eigenvalue weighted by Crippen LogP contribution is 2.34. The van der Waals surface area contributed by atoms with Crippen LogP contribution in [0.5, 0.6) is 0 Å². The molecule has 2 N–H and O–H groups in total. The van der Waals surface area contributed by atoms with E-state index in [0.29, 0.717) is 5.69 Å². The van der Waals surface area contributed by atoms with E-state index in [1.165, 1.54) is 43.6 Å². The molecule has 0 aliphatic heterocycles. The van der Waals surface area contributed by atoms with Gasteiger partial charge in [0.25, 0.3) is 5.91 Å². The van der Waals surface area contributed by atoms with Gasteiger partial charge < -0.3 is 15.4 Å². The van der Waals surface area contributed by atoms with Crippen LogP contribution >= 0.6 is 0 Å². The molecule has 2 aromatic rings. The Bertz CT molecular complexity index is 778. The molecule has 0 aliphatic rings. The number of ether oxygens (including phenoxy) is 1. The fourth-order valence-electron chi connectivity index (χ4n) is 1.98. The molecule has 2 amide bonds. The molecule has 1 aromatic heterocycles. The molecule has 0 radical (unpaired) electrons. The lowest BCUT2D eigenvalue weighted by atomic mass is 10.1. The van der Waals surface area contributed by atoms with Crippen LogP contribution in [-0.2, 0) is 17.5 Å². The van der Waals surface area contributed by atoms with Crippen LogP contribution < -0.4 is 10.6 Å². The minimum Gasteiger partial charge on any atom is -0.453 e. The van der Waals surface area contributed by atoms with Crippen LogP contribution in [0.25, 0.3) is 0 Å². The van der Waals surface area contributed by atoms with Gasteiger partial charge in [-0.15, -0.1) is 0 Å². The molecule has 132 valence electrons. The summed E-state index contributed by atoms with van der Waals surface area (Å²) < 4.78 is 43.3. The second-order valence-electron chi connectivity index (χ2n) is 4.88. The number of alkyl halides is 3. The van der Waals surface area contributed by atoms with Crippen molar-refractivity contribution in [3.8, 4) is 0 Å². The van der Waals surface area contributed by atoms with Crippen LogP contribution in [0.1, 0.15) is 21.6 Å². The predicted octanol–water partition coefficient (Wildman–Crippen LogP) is 3.21. The van der Waals surface area contributed by atoms with E-state index in [1.807, 2.05) is 0 Å². The van der Waals surface area contributed by atoms with Crippen molar-refractivity contribution >= 4 is 17.7 Å². The van der Waals surface area contributed by atoms with Gasteiger partial charge in [-0.3, -0.25) is 9.78 Å². The van der Waals surface area contributed by atoms with Crippen LogP contribution in [0.3, 0.4) is 0 Å². The summed E-state index contributed by atoms with van der Waals surface area (Å²) in [7, 11) is 1.20. The summed E-state index contributed by atoms with van der Waals surface area (Å²) >= 11 is 0. The van der Waals surface area contributed by atoms with Crippen LogP contribution in [0.15, 0.2) is 42.6 Å². The molecular formula is C16H14F3N3O3. The first kappa shape index (κ1) is 18.2. The van der Waals surface area contributed by atoms with Gasteiger partial charge in [0.05, 0.1) is 30.6 Å². The van der Waals surface area contributed by atoms with Crippen molar-refractivity contribution in [1.29, 1.82) is 0 Å². The van der Waals surface area contributed by atoms with Gasteiger partial charge in [0.1, 0.15) is 0 Å². The Labute approximate surface area is 141 Å². The van der Waals surface area contributed by atoms with E-state index in [1.54, 1.807) is 0 Å². The number of nitrogens with zero attached hydrogens (tertiary/aromatic N) is 1. The van der Waals surface area contributed by atoms with Gasteiger partial charge in [-0.25, -0.2) is 4.79 Å². The third-order valence-electron chi connectivity index (χ3n) is 3.16. The normalized spacial score (nSPS) is 10.9. The van der Waals surface area contributed by atoms with Gasteiger partial charge >= 0.3 is 12.3 Å². The number of carbonyl (C=O) groups is 2. The first-order valence-electron chi connectivity index (χ1n) is 7.05. The lowest BCUT2D eigenvalue weighted by molar-refractivity contribution is -0.136. The molecule has 0 saturated heterocycles. The van der Waals surface area contributed by atoms with Gasteiger partial charge in [0.15, 0.2) is 0 Å². The number of halogens is 3. The standard InChI is InChI=1S/C16H14F3N3O3/c1-25-15(24)21-9-11-8-10(6-7-20-11)14(23)22-13-5-3-2-4-12(13)16(17,18)19/h2-8H,9H2,1H3,(H,21,24)(H,22,23). The van der Waals surface area contributed by atoms with Crippen molar-refractivity contribution in [2.75, 3.05) is 12.4 Å². The maximum atomic E-state index is 13.0. The second kappa shape index (κ2) is 7.65. The van der Waals surface area contributed by atoms with Crippen molar-refractivity contribution < 1.29 is 27.5 Å². The molecule has 0 spiro atoms. The number of pyridine rings is 1. The lowest BCUT2D eigenvalue weighted by Crippen LogP contribution is -2.23. The van der Waals surface area contributed by atoms with Gasteiger partial charge in [0, 0.05) is 11.8 Å². The SMILES string of the molecule is COC(=O)NCc1cc(C(=O)Nc2ccccc2C(F)(F)F)ccn1. The van der Waals surface area contributed by atoms with E-state index in [4.69, 9.17) is 0 Å². The molecule has 0 saturated carbocycles. The molecule has 0 bridgehead atoms. The molecule has 0 fully saturated rings. The summed E-state index contributed by atoms with van der Waals surface area (Å²) in [6.45, 7) is 0.00688. The Morgan fingerprint density at radius 2 is 1.92 bits per heavy atom. The van der Waals surface area contributed by atoms with Crippen molar-refractivity contribution in [2.45, 2.75) is 12.7 Å². The first-order chi connectivity index (χ1) is 11.8. The number of anilines is 1. The van der Waals surface area contributed by atoms with Gasteiger partial charge in [0.2, 0.25) is 0 Å². The molecule has 2 rings (SSSR count). The fraction of sp³-hybridized carbons (Fsp3) is 0.188. The number of rotatable bonds is 4. The van der Waals surface area contributed by atoms with Gasteiger partial charge in [-0.1, -0.05) is 12.1 Å². The molecule has 25 heavy (non-hydrogen) atoms. The van der Waals surface area contributed by atoms with Crippen LogP contribution in [0.4, 0.5) is 23.7 Å². The Morgan fingerprint density at radius 1 is 1.20 bits per heavy atom. The number of carbonyl (C=O) groups excluding carboxylic acids is 2. The Balaban J connectivity index is 2.16. The second-order valence-corrected chi connectivity index (χ2v) is 4.88. The Hall–Kier alpha value is -3.10. The Morgan fingerprint density at radius 3 is 2.60 bits per heavy atom. The van der Waals surface area contributed by atoms with Crippen LogP contribution in [0, 0.1) is 0 Å². The summed E-state index contributed by atoms with van der Waals surface area (Å²) in [5, 5.41) is 4.63. The minimum absolute atomic E-state index is 0.00688. The van der Waals surface area contributed by atoms with Crippen LogP contribution in [0.2, 0.25) is 0 Å². The van der Waals surface area contributed by atoms with Crippen molar-refractivity contribution in [3.63, 3.8) is 0 Å². The highest BCUT2D eigenvalue weighted by atomic mass is 19.4. The summed E-state index contributed by atoms with van der Waals surface area (Å²) in [6, 6.07) is 7.40.